The third-order valence-electron chi connectivity index (χ3n) is 5.66. The van der Waals surface area contributed by atoms with E-state index in [1.165, 1.54) is 87.7 Å². The highest BCUT2D eigenvalue weighted by Crippen LogP contribution is 2.14. The number of hydrogen-bond acceptors (Lipinski definition) is 1. The first-order valence-corrected chi connectivity index (χ1v) is 11.9. The quantitative estimate of drug-likeness (QED) is 0.274. The number of hydrogen-bond donors (Lipinski definition) is 0. The summed E-state index contributed by atoms with van der Waals surface area (Å²) in [6.45, 7) is 5.70. The number of unbranched alkanes of at least 4 members (excludes halogenated alkanes) is 8. The average molecular weight is 383 g/mol. The Labute approximate surface area is 173 Å². The van der Waals surface area contributed by atoms with Crippen molar-refractivity contribution in [1.82, 2.24) is 9.55 Å². The lowest BCUT2D eigenvalue weighted by Gasteiger charge is -2.07. The Kier molecular flexibility index (Phi) is 11.7. The summed E-state index contributed by atoms with van der Waals surface area (Å²) in [6, 6.07) is 10.8. The van der Waals surface area contributed by atoms with Crippen LogP contribution in [0.2, 0.25) is 0 Å². The van der Waals surface area contributed by atoms with Gasteiger partial charge in [0, 0.05) is 19.2 Å². The second-order valence-electron chi connectivity index (χ2n) is 8.26. The third-order valence-corrected chi connectivity index (χ3v) is 5.66. The zero-order valence-corrected chi connectivity index (χ0v) is 18.5. The highest BCUT2D eigenvalue weighted by molar-refractivity contribution is 5.15. The molecule has 0 saturated carbocycles. The van der Waals surface area contributed by atoms with Crippen LogP contribution in [-0.4, -0.2) is 9.55 Å². The Bertz CT molecular complexity index is 615. The first-order valence-electron chi connectivity index (χ1n) is 11.9. The van der Waals surface area contributed by atoms with Crippen molar-refractivity contribution in [2.45, 2.75) is 110 Å². The van der Waals surface area contributed by atoms with Gasteiger partial charge in [0.25, 0.3) is 0 Å². The predicted molar refractivity (Wildman–Crippen MR) is 122 cm³/mol. The molecule has 28 heavy (non-hydrogen) atoms. The molecule has 2 heteroatoms. The summed E-state index contributed by atoms with van der Waals surface area (Å²) in [5.41, 5.74) is 2.73. The predicted octanol–water partition coefficient (Wildman–Crippen LogP) is 7.54. The van der Waals surface area contributed by atoms with Gasteiger partial charge in [0.05, 0.1) is 5.69 Å². The van der Waals surface area contributed by atoms with E-state index in [4.69, 9.17) is 4.98 Å². The normalized spacial score (nSPS) is 11.2. The summed E-state index contributed by atoms with van der Waals surface area (Å²) in [7, 11) is 0. The van der Waals surface area contributed by atoms with E-state index in [-0.39, 0.29) is 0 Å². The third kappa shape index (κ3) is 9.08. The van der Waals surface area contributed by atoms with Crippen LogP contribution in [0.4, 0.5) is 0 Å². The highest BCUT2D eigenvalue weighted by Gasteiger charge is 2.08. The number of aryl methyl sites for hydroxylation is 4. The van der Waals surface area contributed by atoms with Gasteiger partial charge in [0.1, 0.15) is 5.82 Å². The maximum Gasteiger partial charge on any atom is 0.108 e. The minimum atomic E-state index is 1.10. The topological polar surface area (TPSA) is 17.8 Å². The van der Waals surface area contributed by atoms with Crippen molar-refractivity contribution < 1.29 is 0 Å². The van der Waals surface area contributed by atoms with Crippen molar-refractivity contribution in [1.29, 1.82) is 0 Å². The summed E-state index contributed by atoms with van der Waals surface area (Å²) in [6.07, 6.45) is 20.5. The molecule has 0 aliphatic rings. The molecule has 2 aromatic rings. The number of aromatic nitrogens is 2. The van der Waals surface area contributed by atoms with Gasteiger partial charge < -0.3 is 4.57 Å². The second kappa shape index (κ2) is 14.4. The lowest BCUT2D eigenvalue weighted by molar-refractivity contribution is 0.555. The lowest BCUT2D eigenvalue weighted by Crippen LogP contribution is -2.03. The number of rotatable bonds is 16. The van der Waals surface area contributed by atoms with E-state index < -0.39 is 0 Å². The van der Waals surface area contributed by atoms with Crippen molar-refractivity contribution in [3.8, 4) is 0 Å². The second-order valence-corrected chi connectivity index (χ2v) is 8.26. The number of benzene rings is 1. The molecule has 0 saturated heterocycles. The standard InChI is InChI=1S/C26H42N2/c1-3-5-7-8-9-10-11-15-21-26-27-25(23-28(26)22-6-4-2)20-16-19-24-17-13-12-14-18-24/h12-14,17-18,23H,3-11,15-16,19-22H2,1-2H3. The molecular formula is C26H42N2. The van der Waals surface area contributed by atoms with Gasteiger partial charge in [-0.3, -0.25) is 0 Å². The van der Waals surface area contributed by atoms with Gasteiger partial charge in [-0.05, 0) is 37.7 Å². The molecule has 156 valence electrons. The molecule has 0 aliphatic carbocycles. The molecule has 2 rings (SSSR count). The molecular weight excluding hydrogens is 340 g/mol. The summed E-state index contributed by atoms with van der Waals surface area (Å²) < 4.78 is 2.45. The first kappa shape index (κ1) is 22.7. The summed E-state index contributed by atoms with van der Waals surface area (Å²) in [4.78, 5) is 5.02. The minimum Gasteiger partial charge on any atom is -0.335 e. The molecule has 0 fully saturated rings. The zero-order valence-electron chi connectivity index (χ0n) is 18.5. The fourth-order valence-electron chi connectivity index (χ4n) is 3.89. The number of nitrogens with zero attached hydrogens (tertiary/aromatic N) is 2. The van der Waals surface area contributed by atoms with E-state index in [9.17, 15) is 0 Å². The van der Waals surface area contributed by atoms with Gasteiger partial charge >= 0.3 is 0 Å². The van der Waals surface area contributed by atoms with E-state index in [0.29, 0.717) is 0 Å². The average Bonchev–Trinajstić information content (AvgIpc) is 3.11. The Morgan fingerprint density at radius 3 is 2.07 bits per heavy atom. The molecule has 0 spiro atoms. The SMILES string of the molecule is CCCCCCCCCCc1nc(CCCc2ccccc2)cn1CCCC. The van der Waals surface area contributed by atoms with Crippen LogP contribution in [0.5, 0.6) is 0 Å². The van der Waals surface area contributed by atoms with Gasteiger partial charge in [-0.2, -0.15) is 0 Å². The molecule has 1 heterocycles. The Morgan fingerprint density at radius 2 is 1.36 bits per heavy atom. The van der Waals surface area contributed by atoms with Gasteiger partial charge in [0.15, 0.2) is 0 Å². The fourth-order valence-corrected chi connectivity index (χ4v) is 3.89. The van der Waals surface area contributed by atoms with Crippen LogP contribution in [0.25, 0.3) is 0 Å². The summed E-state index contributed by atoms with van der Waals surface area (Å²) >= 11 is 0. The van der Waals surface area contributed by atoms with E-state index in [0.717, 1.165) is 25.8 Å². The molecule has 1 aromatic heterocycles. The molecule has 2 nitrogen and oxygen atoms in total. The molecule has 0 N–H and O–H groups in total. The van der Waals surface area contributed by atoms with E-state index >= 15 is 0 Å². The maximum atomic E-state index is 5.02. The Hall–Kier alpha value is -1.57. The van der Waals surface area contributed by atoms with Crippen molar-refractivity contribution in [2.75, 3.05) is 0 Å². The Balaban J connectivity index is 1.74. The Morgan fingerprint density at radius 1 is 0.679 bits per heavy atom. The van der Waals surface area contributed by atoms with Crippen molar-refractivity contribution in [2.24, 2.45) is 0 Å². The molecule has 0 atom stereocenters. The molecule has 0 bridgehead atoms. The zero-order chi connectivity index (χ0) is 19.9. The number of imidazole rings is 1. The van der Waals surface area contributed by atoms with E-state index in [1.54, 1.807) is 0 Å². The van der Waals surface area contributed by atoms with Gasteiger partial charge in [-0.25, -0.2) is 4.98 Å². The van der Waals surface area contributed by atoms with Crippen molar-refractivity contribution in [3.05, 3.63) is 53.6 Å². The smallest absolute Gasteiger partial charge is 0.108 e. The maximum absolute atomic E-state index is 5.02. The van der Waals surface area contributed by atoms with E-state index in [2.05, 4.69) is 54.9 Å². The van der Waals surface area contributed by atoms with Crippen LogP contribution in [0.15, 0.2) is 36.5 Å². The monoisotopic (exact) mass is 382 g/mol. The van der Waals surface area contributed by atoms with Crippen LogP contribution in [0, 0.1) is 0 Å². The van der Waals surface area contributed by atoms with Crippen LogP contribution in [0.3, 0.4) is 0 Å². The van der Waals surface area contributed by atoms with Crippen LogP contribution in [0.1, 0.15) is 102 Å². The van der Waals surface area contributed by atoms with E-state index in [1.807, 2.05) is 0 Å². The molecule has 0 amide bonds. The molecule has 0 radical (unpaired) electrons. The van der Waals surface area contributed by atoms with Gasteiger partial charge in [-0.15, -0.1) is 0 Å². The van der Waals surface area contributed by atoms with Crippen molar-refractivity contribution in [3.63, 3.8) is 0 Å². The molecule has 1 aromatic carbocycles. The van der Waals surface area contributed by atoms with Crippen LogP contribution in [-0.2, 0) is 25.8 Å². The molecule has 0 unspecified atom stereocenters. The largest absolute Gasteiger partial charge is 0.335 e. The first-order chi connectivity index (χ1) is 13.8. The summed E-state index contributed by atoms with van der Waals surface area (Å²) in [5.74, 6) is 1.33. The van der Waals surface area contributed by atoms with Crippen molar-refractivity contribution >= 4 is 0 Å². The summed E-state index contributed by atoms with van der Waals surface area (Å²) in [5, 5.41) is 0. The van der Waals surface area contributed by atoms with Crippen LogP contribution >= 0.6 is 0 Å². The van der Waals surface area contributed by atoms with Gasteiger partial charge in [0.2, 0.25) is 0 Å². The van der Waals surface area contributed by atoms with Crippen LogP contribution < -0.4 is 0 Å². The fraction of sp³-hybridized carbons (Fsp3) is 0.654. The lowest BCUT2D eigenvalue weighted by atomic mass is 10.1. The highest BCUT2D eigenvalue weighted by atomic mass is 15.1. The molecule has 0 aliphatic heterocycles. The van der Waals surface area contributed by atoms with Gasteiger partial charge in [-0.1, -0.05) is 95.5 Å². The minimum absolute atomic E-state index is 1.10.